The van der Waals surface area contributed by atoms with Gasteiger partial charge in [0.2, 0.25) is 0 Å². The van der Waals surface area contributed by atoms with E-state index in [4.69, 9.17) is 17.2 Å². The Morgan fingerprint density at radius 2 is 0.775 bits per heavy atom. The first-order valence-electron chi connectivity index (χ1n) is 28.2. The molecule has 0 unspecified atom stereocenters. The molecule has 0 saturated carbocycles. The average Bonchev–Trinajstić information content (AvgIpc) is 3.58. The van der Waals surface area contributed by atoms with Crippen molar-refractivity contribution in [1.29, 1.82) is 0 Å². The maximum Gasteiger partial charge on any atom is 0.179 e. The zero-order chi connectivity index (χ0) is 58.2. The van der Waals surface area contributed by atoms with Crippen molar-refractivity contribution in [1.82, 2.24) is 0 Å². The maximum absolute atomic E-state index is 13.8. The number of aromatic hydroxyl groups is 1. The molecule has 16 heteroatoms. The zero-order valence-electron chi connectivity index (χ0n) is 47.0. The molecular weight excluding hydrogens is 1070 g/mol. The minimum absolute atomic E-state index is 0.0802. The number of phenolic OH excluding ortho intramolecular Hbond substituents is 1. The molecule has 0 aliphatic carbocycles. The number of nitrogen functional groups attached to an aromatic ring is 3. The van der Waals surface area contributed by atoms with Gasteiger partial charge >= 0.3 is 0 Å². The molecule has 9 atom stereocenters. The van der Waals surface area contributed by atoms with E-state index in [0.29, 0.717) is 72.3 Å². The molecule has 0 amide bonds. The molecule has 6 aromatic rings. The quantitative estimate of drug-likeness (QED) is 0.0501. The lowest BCUT2D eigenvalue weighted by molar-refractivity contribution is 0.0173. The number of aliphatic hydroxyl groups excluding tert-OH is 3. The van der Waals surface area contributed by atoms with Crippen LogP contribution < -0.4 is 17.2 Å². The minimum atomic E-state index is -3.69. The molecule has 10 N–H and O–H groups in total. The van der Waals surface area contributed by atoms with E-state index < -0.39 is 81.8 Å². The lowest BCUT2D eigenvalue weighted by Crippen LogP contribution is -2.42. The van der Waals surface area contributed by atoms with E-state index in [1.54, 1.807) is 78.9 Å². The molecule has 3 heterocycles. The summed E-state index contributed by atoms with van der Waals surface area (Å²) >= 11 is 0. The largest absolute Gasteiger partial charge is 0.508 e. The maximum atomic E-state index is 13.8. The number of anilines is 3. The summed E-state index contributed by atoms with van der Waals surface area (Å²) in [6.07, 6.45) is 4.19. The summed E-state index contributed by atoms with van der Waals surface area (Å²) in [6.45, 7) is 11.8. The second-order valence-electron chi connectivity index (χ2n) is 23.3. The van der Waals surface area contributed by atoms with Gasteiger partial charge in [0.05, 0.1) is 50.3 Å². The SMILES string of the molecule is CCCC[C@@]1(CC)CS(=O)(=O)c2ccc(N)cc2[C@@H](c2ccc(O)cc2)[C@H]1O.CCCC[C@]1(CC)CS(=O)(=O)c2ccc(N)cc2[C@H](c2ccc(Cc3ccc([C@@H]4c5cc(N)ccc5S(=O)(=O)C[C@@](C)(CC)[C@@H]4O)cc3)cc2)[C@@H]1O. The number of nitrogens with two attached hydrogens (primary N) is 3. The topological polar surface area (TPSA) is 261 Å². The van der Waals surface area contributed by atoms with E-state index >= 15 is 0 Å². The van der Waals surface area contributed by atoms with Crippen LogP contribution in [0.15, 0.2) is 142 Å². The molecule has 80 heavy (non-hydrogen) atoms. The molecular formula is C64H81N3O10S3. The van der Waals surface area contributed by atoms with Crippen molar-refractivity contribution in [3.8, 4) is 5.75 Å². The summed E-state index contributed by atoms with van der Waals surface area (Å²) in [6, 6.07) is 37.1. The Balaban J connectivity index is 0.000000253. The number of fused-ring (bicyclic) bond motifs is 3. The van der Waals surface area contributed by atoms with Crippen molar-refractivity contribution in [3.63, 3.8) is 0 Å². The zero-order valence-corrected chi connectivity index (χ0v) is 49.4. The molecule has 3 aliphatic heterocycles. The van der Waals surface area contributed by atoms with Crippen LogP contribution in [0, 0.1) is 16.2 Å². The Bertz CT molecular complexity index is 3520. The fourth-order valence-electron chi connectivity index (χ4n) is 13.1. The van der Waals surface area contributed by atoms with Crippen LogP contribution in [0.2, 0.25) is 0 Å². The number of benzene rings is 6. The first-order chi connectivity index (χ1) is 37.8. The fourth-order valence-corrected chi connectivity index (χ4v) is 19.8. The number of sulfone groups is 3. The highest BCUT2D eigenvalue weighted by molar-refractivity contribution is 7.92. The van der Waals surface area contributed by atoms with Gasteiger partial charge in [-0.3, -0.25) is 0 Å². The van der Waals surface area contributed by atoms with Gasteiger partial charge < -0.3 is 37.6 Å². The van der Waals surface area contributed by atoms with E-state index in [2.05, 4.69) is 13.8 Å². The van der Waals surface area contributed by atoms with E-state index in [1.165, 1.54) is 0 Å². The van der Waals surface area contributed by atoms with Crippen LogP contribution in [0.3, 0.4) is 0 Å². The highest BCUT2D eigenvalue weighted by atomic mass is 32.2. The van der Waals surface area contributed by atoms with Crippen molar-refractivity contribution in [3.05, 3.63) is 172 Å². The summed E-state index contributed by atoms with van der Waals surface area (Å²) in [5, 5.41) is 45.3. The molecule has 3 aliphatic rings. The molecule has 13 nitrogen and oxygen atoms in total. The van der Waals surface area contributed by atoms with Gasteiger partial charge in [-0.2, -0.15) is 0 Å². The van der Waals surface area contributed by atoms with Crippen LogP contribution in [0.5, 0.6) is 5.75 Å². The van der Waals surface area contributed by atoms with Crippen molar-refractivity contribution < 1.29 is 45.7 Å². The summed E-state index contributed by atoms with van der Waals surface area (Å²) in [7, 11) is -10.9. The first kappa shape index (κ1) is 60.3. The Kier molecular flexibility index (Phi) is 17.8. The molecule has 0 aromatic heterocycles. The Hall–Kier alpha value is -5.75. The molecule has 0 fully saturated rings. The van der Waals surface area contributed by atoms with Crippen molar-refractivity contribution in [2.45, 2.75) is 157 Å². The molecule has 0 saturated heterocycles. The van der Waals surface area contributed by atoms with Gasteiger partial charge in [-0.25, -0.2) is 25.3 Å². The smallest absolute Gasteiger partial charge is 0.179 e. The van der Waals surface area contributed by atoms with Gasteiger partial charge in [-0.05, 0) is 150 Å². The van der Waals surface area contributed by atoms with Crippen LogP contribution in [-0.4, -0.2) is 81.2 Å². The number of aliphatic hydroxyl groups is 3. The number of hydrogen-bond acceptors (Lipinski definition) is 13. The van der Waals surface area contributed by atoms with Gasteiger partial charge in [0.25, 0.3) is 0 Å². The standard InChI is InChI=1S/C42H52N2O6S2.C22H29NO4S/c1-5-8-21-42(7-3)26-52(49,50)36-20-18-32(44)24-34(36)38(40(42)46)30-15-11-28(12-16-30)22-27-9-13-29(14-10-27)37-33-23-31(43)17-19-35(33)51(47,48)25-41(4,6-2)39(37)45;1-3-5-12-22(4-2)14-28(26,27)19-11-8-16(23)13-18(19)20(21(22)25)15-6-9-17(24)10-7-15/h9-20,23-24,37-40,45-46H,5-8,21-22,25-26,43-44H2,1-4H3;6-11,13,20-21,24-25H,3-5,12,14,23H2,1-2H3/t37-,38+,39-,40+,41-,42-;20-,21-,22+/m11/s1. The first-order valence-corrected chi connectivity index (χ1v) is 33.1. The lowest BCUT2D eigenvalue weighted by Gasteiger charge is -2.39. The highest BCUT2D eigenvalue weighted by Gasteiger charge is 2.51. The Morgan fingerprint density at radius 1 is 0.450 bits per heavy atom. The van der Waals surface area contributed by atoms with E-state index in [-0.39, 0.29) is 37.7 Å². The monoisotopic (exact) mass is 1150 g/mol. The average molecular weight is 1150 g/mol. The van der Waals surface area contributed by atoms with Crippen LogP contribution in [0.25, 0.3) is 0 Å². The number of unbranched alkanes of at least 4 members (excludes halogenated alkanes) is 2. The predicted molar refractivity (Wildman–Crippen MR) is 319 cm³/mol. The van der Waals surface area contributed by atoms with Crippen LogP contribution in [0.4, 0.5) is 17.1 Å². The molecule has 0 spiro atoms. The normalized spacial score (nSPS) is 27.4. The molecule has 0 bridgehead atoms. The van der Waals surface area contributed by atoms with Gasteiger partial charge in [-0.15, -0.1) is 0 Å². The number of hydrogen-bond donors (Lipinski definition) is 7. The van der Waals surface area contributed by atoms with Gasteiger partial charge in [0, 0.05) is 51.1 Å². The third kappa shape index (κ3) is 11.8. The predicted octanol–water partition coefficient (Wildman–Crippen LogP) is 10.8. The van der Waals surface area contributed by atoms with E-state index in [9.17, 15) is 45.7 Å². The summed E-state index contributed by atoms with van der Waals surface area (Å²) < 4.78 is 81.3. The minimum Gasteiger partial charge on any atom is -0.508 e. The summed E-state index contributed by atoms with van der Waals surface area (Å²) in [5.74, 6) is -1.89. The second-order valence-corrected chi connectivity index (χ2v) is 29.2. The summed E-state index contributed by atoms with van der Waals surface area (Å²) in [5.41, 5.74) is 23.4. The van der Waals surface area contributed by atoms with Gasteiger partial charge in [-0.1, -0.05) is 128 Å². The second kappa shape index (κ2) is 23.6. The third-order valence-electron chi connectivity index (χ3n) is 18.1. The van der Waals surface area contributed by atoms with Gasteiger partial charge in [0.1, 0.15) is 5.75 Å². The van der Waals surface area contributed by atoms with Crippen molar-refractivity contribution in [2.24, 2.45) is 16.2 Å². The molecule has 6 aromatic carbocycles. The molecule has 430 valence electrons. The third-order valence-corrected chi connectivity index (χ3v) is 24.2. The number of phenols is 1. The van der Waals surface area contributed by atoms with E-state index in [0.717, 1.165) is 53.5 Å². The lowest BCUT2D eigenvalue weighted by atomic mass is 9.69. The van der Waals surface area contributed by atoms with Crippen LogP contribution in [-0.2, 0) is 35.9 Å². The molecule has 9 rings (SSSR count). The number of rotatable bonds is 14. The fraction of sp³-hybridized carbons (Fsp3) is 0.438. The van der Waals surface area contributed by atoms with Gasteiger partial charge in [0.15, 0.2) is 29.5 Å². The van der Waals surface area contributed by atoms with Crippen molar-refractivity contribution in [2.75, 3.05) is 34.5 Å². The highest BCUT2D eigenvalue weighted by Crippen LogP contribution is 2.52. The Morgan fingerprint density at radius 3 is 1.10 bits per heavy atom. The van der Waals surface area contributed by atoms with Crippen LogP contribution in [0.1, 0.15) is 162 Å². The molecule has 0 radical (unpaired) electrons. The summed E-state index contributed by atoms with van der Waals surface area (Å²) in [4.78, 5) is 0.698. The van der Waals surface area contributed by atoms with Crippen LogP contribution >= 0.6 is 0 Å². The van der Waals surface area contributed by atoms with E-state index in [1.807, 2.05) is 76.2 Å². The van der Waals surface area contributed by atoms with Crippen molar-refractivity contribution >= 4 is 46.6 Å². The Labute approximate surface area is 474 Å².